The number of aliphatic hydroxyl groups is 1. The number of aryl methyl sites for hydroxylation is 1. The van der Waals surface area contributed by atoms with Crippen molar-refractivity contribution in [3.63, 3.8) is 0 Å². The SMILES string of the molecule is Cc1nnc(N[C@H](C)c2cccc(C(F)(F)C(C)(C)O)c2)c2cc3c(cc12)N(C)C(=O)C3(C)C. The Morgan fingerprint density at radius 3 is 2.44 bits per heavy atom. The summed E-state index contributed by atoms with van der Waals surface area (Å²) in [6.45, 7) is 9.70. The molecule has 1 aliphatic heterocycles. The van der Waals surface area contributed by atoms with Crippen molar-refractivity contribution in [2.24, 2.45) is 0 Å². The molecule has 0 radical (unpaired) electrons. The van der Waals surface area contributed by atoms with Gasteiger partial charge < -0.3 is 15.3 Å². The van der Waals surface area contributed by atoms with Gasteiger partial charge in [0.15, 0.2) is 5.82 Å². The van der Waals surface area contributed by atoms with Crippen LogP contribution in [0.4, 0.5) is 20.3 Å². The molecule has 0 aliphatic carbocycles. The first-order chi connectivity index (χ1) is 15.7. The van der Waals surface area contributed by atoms with Crippen LogP contribution < -0.4 is 10.2 Å². The van der Waals surface area contributed by atoms with Gasteiger partial charge in [-0.15, -0.1) is 5.10 Å². The van der Waals surface area contributed by atoms with E-state index in [2.05, 4.69) is 15.5 Å². The number of amides is 1. The van der Waals surface area contributed by atoms with E-state index in [9.17, 15) is 18.7 Å². The fourth-order valence-electron chi connectivity index (χ4n) is 4.49. The smallest absolute Gasteiger partial charge is 0.300 e. The fourth-order valence-corrected chi connectivity index (χ4v) is 4.49. The van der Waals surface area contributed by atoms with Crippen molar-refractivity contribution in [1.82, 2.24) is 10.2 Å². The van der Waals surface area contributed by atoms with Crippen LogP contribution in [0.2, 0.25) is 0 Å². The molecule has 0 unspecified atom stereocenters. The first-order valence-electron chi connectivity index (χ1n) is 11.2. The standard InChI is InChI=1S/C26H30F2N4O2/c1-14(16-9-8-10-17(11-16)26(27,28)25(5,6)34)29-22-19-12-20-21(13-18(19)15(2)30-31-22)32(7)23(33)24(20,3)4/h8-14,34H,1-7H3,(H,29,31)/t14-/m1/s1. The molecule has 0 saturated heterocycles. The number of nitrogens with zero attached hydrogens (tertiary/aromatic N) is 3. The second-order valence-electron chi connectivity index (χ2n) is 10.2. The number of anilines is 2. The highest BCUT2D eigenvalue weighted by Gasteiger charge is 2.47. The summed E-state index contributed by atoms with van der Waals surface area (Å²) in [4.78, 5) is 14.4. The monoisotopic (exact) mass is 468 g/mol. The number of carbonyl (C=O) groups excluding carboxylic acids is 1. The lowest BCUT2D eigenvalue weighted by Gasteiger charge is -2.30. The number of aromatic nitrogens is 2. The van der Waals surface area contributed by atoms with E-state index in [-0.39, 0.29) is 17.5 Å². The normalized spacial score (nSPS) is 16.6. The van der Waals surface area contributed by atoms with Gasteiger partial charge in [0, 0.05) is 29.1 Å². The number of hydrogen-bond acceptors (Lipinski definition) is 5. The predicted molar refractivity (Wildman–Crippen MR) is 129 cm³/mol. The molecule has 180 valence electrons. The molecule has 3 aromatic rings. The Kier molecular flexibility index (Phi) is 5.44. The van der Waals surface area contributed by atoms with Crippen LogP contribution in [-0.2, 0) is 16.1 Å². The van der Waals surface area contributed by atoms with Crippen molar-refractivity contribution in [2.45, 2.75) is 64.5 Å². The van der Waals surface area contributed by atoms with E-state index in [1.54, 1.807) is 24.1 Å². The van der Waals surface area contributed by atoms with E-state index in [0.29, 0.717) is 11.4 Å². The molecule has 2 heterocycles. The van der Waals surface area contributed by atoms with Crippen LogP contribution in [0.1, 0.15) is 63.0 Å². The zero-order valence-corrected chi connectivity index (χ0v) is 20.5. The van der Waals surface area contributed by atoms with Gasteiger partial charge in [-0.25, -0.2) is 0 Å². The molecule has 0 saturated carbocycles. The highest BCUT2D eigenvalue weighted by Crippen LogP contribution is 2.44. The van der Waals surface area contributed by atoms with Gasteiger partial charge in [0.1, 0.15) is 5.60 Å². The summed E-state index contributed by atoms with van der Waals surface area (Å²) in [7, 11) is 1.77. The first kappa shape index (κ1) is 24.0. The molecule has 1 atom stereocenters. The summed E-state index contributed by atoms with van der Waals surface area (Å²) >= 11 is 0. The van der Waals surface area contributed by atoms with Crippen molar-refractivity contribution in [3.8, 4) is 0 Å². The van der Waals surface area contributed by atoms with Crippen molar-refractivity contribution in [3.05, 3.63) is 58.8 Å². The molecule has 2 N–H and O–H groups in total. The average molecular weight is 469 g/mol. The Morgan fingerprint density at radius 1 is 1.12 bits per heavy atom. The Bertz CT molecular complexity index is 1300. The molecule has 1 aromatic heterocycles. The van der Waals surface area contributed by atoms with E-state index >= 15 is 0 Å². The van der Waals surface area contributed by atoms with Crippen molar-refractivity contribution < 1.29 is 18.7 Å². The van der Waals surface area contributed by atoms with Gasteiger partial charge >= 0.3 is 5.92 Å². The quantitative estimate of drug-likeness (QED) is 0.536. The van der Waals surface area contributed by atoms with Crippen LogP contribution in [0, 0.1) is 6.92 Å². The van der Waals surface area contributed by atoms with E-state index in [1.165, 1.54) is 12.1 Å². The molecule has 8 heteroatoms. The van der Waals surface area contributed by atoms with E-state index in [1.807, 2.05) is 39.8 Å². The summed E-state index contributed by atoms with van der Waals surface area (Å²) < 4.78 is 29.4. The van der Waals surface area contributed by atoms with Crippen LogP contribution in [0.25, 0.3) is 10.8 Å². The van der Waals surface area contributed by atoms with Crippen LogP contribution >= 0.6 is 0 Å². The summed E-state index contributed by atoms with van der Waals surface area (Å²) in [5, 5.41) is 23.6. The van der Waals surface area contributed by atoms with E-state index in [4.69, 9.17) is 0 Å². The second-order valence-corrected chi connectivity index (χ2v) is 10.2. The number of fused-ring (bicyclic) bond motifs is 2. The highest BCUT2D eigenvalue weighted by atomic mass is 19.3. The zero-order valence-electron chi connectivity index (χ0n) is 20.5. The van der Waals surface area contributed by atoms with Gasteiger partial charge in [-0.2, -0.15) is 13.9 Å². The third kappa shape index (κ3) is 3.60. The largest absolute Gasteiger partial charge is 0.384 e. The fraction of sp³-hybridized carbons (Fsp3) is 0.423. The number of halogens is 2. The summed E-state index contributed by atoms with van der Waals surface area (Å²) in [5.74, 6) is -2.89. The average Bonchev–Trinajstić information content (AvgIpc) is 2.94. The molecule has 34 heavy (non-hydrogen) atoms. The minimum absolute atomic E-state index is 0.0174. The van der Waals surface area contributed by atoms with Crippen LogP contribution in [0.15, 0.2) is 36.4 Å². The maximum absolute atomic E-state index is 14.7. The van der Waals surface area contributed by atoms with E-state index in [0.717, 1.165) is 41.6 Å². The number of benzene rings is 2. The number of hydrogen-bond donors (Lipinski definition) is 2. The molecule has 6 nitrogen and oxygen atoms in total. The number of nitrogens with one attached hydrogen (secondary N) is 1. The van der Waals surface area contributed by atoms with Crippen molar-refractivity contribution >= 4 is 28.2 Å². The van der Waals surface area contributed by atoms with Crippen molar-refractivity contribution in [1.29, 1.82) is 0 Å². The Balaban J connectivity index is 1.76. The topological polar surface area (TPSA) is 78.4 Å². The molecule has 2 aromatic carbocycles. The number of likely N-dealkylation sites (N-methyl/N-ethyl adjacent to an activating group) is 1. The summed E-state index contributed by atoms with van der Waals surface area (Å²) in [5.41, 5.74) is -0.0240. The molecule has 0 spiro atoms. The third-order valence-electron chi connectivity index (χ3n) is 6.83. The summed E-state index contributed by atoms with van der Waals surface area (Å²) in [6.07, 6.45) is 0. The van der Waals surface area contributed by atoms with Crippen LogP contribution in [0.3, 0.4) is 0 Å². The maximum atomic E-state index is 14.7. The van der Waals surface area contributed by atoms with Gasteiger partial charge in [-0.3, -0.25) is 4.79 Å². The maximum Gasteiger partial charge on any atom is 0.300 e. The molecule has 0 bridgehead atoms. The Morgan fingerprint density at radius 2 is 1.79 bits per heavy atom. The zero-order chi connectivity index (χ0) is 25.2. The number of carbonyl (C=O) groups is 1. The van der Waals surface area contributed by atoms with Gasteiger partial charge in [0.2, 0.25) is 5.91 Å². The number of alkyl halides is 2. The van der Waals surface area contributed by atoms with Gasteiger partial charge in [0.25, 0.3) is 0 Å². The second kappa shape index (κ2) is 7.70. The molecule has 1 amide bonds. The molecule has 0 fully saturated rings. The van der Waals surface area contributed by atoms with E-state index < -0.39 is 16.9 Å². The summed E-state index contributed by atoms with van der Waals surface area (Å²) in [6, 6.07) is 9.58. The molecule has 1 aliphatic rings. The lowest BCUT2D eigenvalue weighted by Crippen LogP contribution is -2.40. The van der Waals surface area contributed by atoms with Crippen molar-refractivity contribution in [2.75, 3.05) is 17.3 Å². The van der Waals surface area contributed by atoms with Gasteiger partial charge in [-0.05, 0) is 70.9 Å². The Hall–Kier alpha value is -3.13. The minimum Gasteiger partial charge on any atom is -0.384 e. The lowest BCUT2D eigenvalue weighted by molar-refractivity contribution is -0.168. The van der Waals surface area contributed by atoms with Gasteiger partial charge in [0.05, 0.1) is 17.2 Å². The molecule has 4 rings (SSSR count). The minimum atomic E-state index is -3.41. The number of rotatable bonds is 5. The lowest BCUT2D eigenvalue weighted by atomic mass is 9.85. The first-order valence-corrected chi connectivity index (χ1v) is 11.2. The third-order valence-corrected chi connectivity index (χ3v) is 6.83. The van der Waals surface area contributed by atoms with Crippen LogP contribution in [-0.4, -0.2) is 33.9 Å². The van der Waals surface area contributed by atoms with Gasteiger partial charge in [-0.1, -0.05) is 18.2 Å². The highest BCUT2D eigenvalue weighted by molar-refractivity contribution is 6.10. The predicted octanol–water partition coefficient (Wildman–Crippen LogP) is 5.23. The Labute approximate surface area is 198 Å². The molecular weight excluding hydrogens is 438 g/mol. The molecular formula is C26H30F2N4O2. The van der Waals surface area contributed by atoms with Crippen LogP contribution in [0.5, 0.6) is 0 Å².